The molecule has 2 fully saturated rings. The summed E-state index contributed by atoms with van der Waals surface area (Å²) in [5.74, 6) is 1.32. The van der Waals surface area contributed by atoms with E-state index in [9.17, 15) is 9.90 Å². The summed E-state index contributed by atoms with van der Waals surface area (Å²) in [4.78, 5) is 12.2. The summed E-state index contributed by atoms with van der Waals surface area (Å²) in [6.07, 6.45) is 3.40. The normalized spacial score (nSPS) is 37.6. The third kappa shape index (κ3) is 2.01. The van der Waals surface area contributed by atoms with Crippen molar-refractivity contribution in [1.29, 1.82) is 0 Å². The molecule has 0 spiro atoms. The Balaban J connectivity index is 2.30. The molecule has 0 aromatic rings. The largest absolute Gasteiger partial charge is 0.396 e. The molecule has 2 rings (SSSR count). The molecule has 18 heavy (non-hydrogen) atoms. The summed E-state index contributed by atoms with van der Waals surface area (Å²) in [5.41, 5.74) is -0.151. The first-order chi connectivity index (χ1) is 8.35. The molecule has 104 valence electrons. The number of fused-ring (bicyclic) bond motifs is 1. The monoisotopic (exact) mass is 254 g/mol. The summed E-state index contributed by atoms with van der Waals surface area (Å²) >= 11 is 0. The van der Waals surface area contributed by atoms with Gasteiger partial charge in [-0.1, -0.05) is 13.8 Å². The maximum absolute atomic E-state index is 12.2. The van der Waals surface area contributed by atoms with E-state index in [0.717, 1.165) is 19.3 Å². The van der Waals surface area contributed by atoms with Crippen LogP contribution in [-0.2, 0) is 9.53 Å². The summed E-state index contributed by atoms with van der Waals surface area (Å²) in [7, 11) is 1.70. The van der Waals surface area contributed by atoms with Crippen molar-refractivity contribution in [3.05, 3.63) is 0 Å². The van der Waals surface area contributed by atoms with Crippen molar-refractivity contribution in [1.82, 2.24) is 0 Å². The lowest BCUT2D eigenvalue weighted by Gasteiger charge is -2.37. The van der Waals surface area contributed by atoms with Crippen molar-refractivity contribution in [2.24, 2.45) is 23.2 Å². The number of methoxy groups -OCH3 is 1. The summed E-state index contributed by atoms with van der Waals surface area (Å²) in [6, 6.07) is 0. The van der Waals surface area contributed by atoms with Crippen LogP contribution in [-0.4, -0.2) is 30.2 Å². The fourth-order valence-corrected chi connectivity index (χ4v) is 4.35. The minimum atomic E-state index is -0.370. The van der Waals surface area contributed by atoms with Crippen LogP contribution in [0.1, 0.15) is 46.5 Å². The second-order valence-electron chi connectivity index (χ2n) is 6.93. The molecule has 2 aliphatic carbocycles. The van der Waals surface area contributed by atoms with E-state index in [1.165, 1.54) is 0 Å². The molecular weight excluding hydrogens is 228 g/mol. The number of carbonyl (C=O) groups is 1. The van der Waals surface area contributed by atoms with E-state index in [0.29, 0.717) is 18.1 Å². The van der Waals surface area contributed by atoms with Crippen molar-refractivity contribution < 1.29 is 14.6 Å². The summed E-state index contributed by atoms with van der Waals surface area (Å²) in [5, 5.41) is 9.26. The Morgan fingerprint density at radius 1 is 1.50 bits per heavy atom. The number of rotatable bonds is 4. The average molecular weight is 254 g/mol. The Kier molecular flexibility index (Phi) is 3.58. The molecule has 3 heteroatoms. The summed E-state index contributed by atoms with van der Waals surface area (Å²) in [6.45, 7) is 6.72. The van der Waals surface area contributed by atoms with Crippen molar-refractivity contribution in [3.63, 3.8) is 0 Å². The van der Waals surface area contributed by atoms with Gasteiger partial charge in [-0.2, -0.15) is 0 Å². The van der Waals surface area contributed by atoms with Crippen LogP contribution in [0.15, 0.2) is 0 Å². The first-order valence-corrected chi connectivity index (χ1v) is 7.04. The van der Waals surface area contributed by atoms with E-state index in [2.05, 4.69) is 20.8 Å². The Bertz CT molecular complexity index is 337. The van der Waals surface area contributed by atoms with Gasteiger partial charge in [0.05, 0.1) is 5.60 Å². The molecule has 0 unspecified atom stereocenters. The molecule has 0 radical (unpaired) electrons. The molecule has 0 saturated heterocycles. The first-order valence-electron chi connectivity index (χ1n) is 7.04. The van der Waals surface area contributed by atoms with Crippen LogP contribution in [0.2, 0.25) is 0 Å². The van der Waals surface area contributed by atoms with Gasteiger partial charge in [-0.15, -0.1) is 0 Å². The standard InChI is InChI=1S/C15H26O3/c1-14(2)9-11(15(3,18-4)7-8-16)13-10(14)5-6-12(13)17/h10-11,13,16H,5-9H2,1-4H3/t10-,11+,13+,15+/m1/s1. The zero-order chi connectivity index (χ0) is 13.6. The number of aliphatic hydroxyl groups is 1. The number of aliphatic hydroxyl groups excluding tert-OH is 1. The zero-order valence-electron chi connectivity index (χ0n) is 12.0. The molecule has 0 aliphatic heterocycles. The van der Waals surface area contributed by atoms with E-state index in [-0.39, 0.29) is 29.5 Å². The number of Topliss-reactive ketones (excluding diaryl/α,β-unsaturated/α-hetero) is 1. The number of ether oxygens (including phenoxy) is 1. The van der Waals surface area contributed by atoms with Crippen LogP contribution in [0, 0.1) is 23.2 Å². The highest BCUT2D eigenvalue weighted by Crippen LogP contribution is 2.59. The smallest absolute Gasteiger partial charge is 0.136 e. The SMILES string of the molecule is CO[C@@](C)(CCO)[C@H]1CC(C)(C)[C@@H]2CCC(=O)[C@@H]21. The van der Waals surface area contributed by atoms with E-state index >= 15 is 0 Å². The Morgan fingerprint density at radius 2 is 2.17 bits per heavy atom. The fraction of sp³-hybridized carbons (Fsp3) is 0.933. The molecule has 2 saturated carbocycles. The van der Waals surface area contributed by atoms with Gasteiger partial charge in [0.15, 0.2) is 0 Å². The lowest BCUT2D eigenvalue weighted by atomic mass is 9.77. The minimum Gasteiger partial charge on any atom is -0.396 e. The van der Waals surface area contributed by atoms with Gasteiger partial charge in [-0.05, 0) is 43.4 Å². The minimum absolute atomic E-state index is 0.118. The predicted molar refractivity (Wildman–Crippen MR) is 70.2 cm³/mol. The third-order valence-electron chi connectivity index (χ3n) is 5.55. The fourth-order valence-electron chi connectivity index (χ4n) is 4.35. The van der Waals surface area contributed by atoms with Crippen molar-refractivity contribution in [2.75, 3.05) is 13.7 Å². The average Bonchev–Trinajstić information content (AvgIpc) is 2.80. The molecule has 3 nitrogen and oxygen atoms in total. The molecule has 0 amide bonds. The Hall–Kier alpha value is -0.410. The van der Waals surface area contributed by atoms with Crippen LogP contribution in [0.25, 0.3) is 0 Å². The number of hydrogen-bond acceptors (Lipinski definition) is 3. The lowest BCUT2D eigenvalue weighted by Crippen LogP contribution is -2.41. The van der Waals surface area contributed by atoms with E-state index < -0.39 is 0 Å². The third-order valence-corrected chi connectivity index (χ3v) is 5.55. The van der Waals surface area contributed by atoms with Crippen molar-refractivity contribution >= 4 is 5.78 Å². The number of carbonyl (C=O) groups excluding carboxylic acids is 1. The highest BCUT2D eigenvalue weighted by Gasteiger charge is 2.58. The molecule has 4 atom stereocenters. The summed E-state index contributed by atoms with van der Waals surface area (Å²) < 4.78 is 5.70. The lowest BCUT2D eigenvalue weighted by molar-refractivity contribution is -0.128. The molecule has 0 aromatic heterocycles. The van der Waals surface area contributed by atoms with Crippen LogP contribution in [0.5, 0.6) is 0 Å². The van der Waals surface area contributed by atoms with Crippen LogP contribution < -0.4 is 0 Å². The van der Waals surface area contributed by atoms with Gasteiger partial charge in [0.25, 0.3) is 0 Å². The van der Waals surface area contributed by atoms with Crippen molar-refractivity contribution in [2.45, 2.75) is 52.1 Å². The van der Waals surface area contributed by atoms with Crippen LogP contribution in [0.3, 0.4) is 0 Å². The second kappa shape index (κ2) is 4.61. The highest BCUT2D eigenvalue weighted by molar-refractivity contribution is 5.84. The maximum atomic E-state index is 12.2. The topological polar surface area (TPSA) is 46.5 Å². The molecule has 0 heterocycles. The first kappa shape index (κ1) is 14.0. The highest BCUT2D eigenvalue weighted by atomic mass is 16.5. The molecule has 1 N–H and O–H groups in total. The van der Waals surface area contributed by atoms with E-state index in [1.807, 2.05) is 0 Å². The Morgan fingerprint density at radius 3 is 2.72 bits per heavy atom. The molecule has 0 aromatic carbocycles. The number of ketones is 1. The van der Waals surface area contributed by atoms with Crippen LogP contribution in [0.4, 0.5) is 0 Å². The van der Waals surface area contributed by atoms with Crippen LogP contribution >= 0.6 is 0 Å². The van der Waals surface area contributed by atoms with Crippen molar-refractivity contribution in [3.8, 4) is 0 Å². The van der Waals surface area contributed by atoms with Gasteiger partial charge < -0.3 is 9.84 Å². The molecule has 0 bridgehead atoms. The van der Waals surface area contributed by atoms with E-state index in [4.69, 9.17) is 4.74 Å². The second-order valence-corrected chi connectivity index (χ2v) is 6.93. The molecular formula is C15H26O3. The van der Waals surface area contributed by atoms with Gasteiger partial charge in [-0.25, -0.2) is 0 Å². The zero-order valence-corrected chi connectivity index (χ0v) is 12.0. The quantitative estimate of drug-likeness (QED) is 0.838. The predicted octanol–water partition coefficient (Wildman–Crippen LogP) is 2.42. The number of hydrogen-bond donors (Lipinski definition) is 1. The van der Waals surface area contributed by atoms with Gasteiger partial charge in [0, 0.05) is 26.1 Å². The van der Waals surface area contributed by atoms with Gasteiger partial charge in [-0.3, -0.25) is 4.79 Å². The Labute approximate surface area is 110 Å². The molecule has 2 aliphatic rings. The van der Waals surface area contributed by atoms with Gasteiger partial charge in [0.2, 0.25) is 0 Å². The maximum Gasteiger partial charge on any atom is 0.136 e. The van der Waals surface area contributed by atoms with Gasteiger partial charge in [0.1, 0.15) is 5.78 Å². The van der Waals surface area contributed by atoms with Gasteiger partial charge >= 0.3 is 0 Å². The van der Waals surface area contributed by atoms with E-state index in [1.54, 1.807) is 7.11 Å².